The number of hydrogen-bond acceptors (Lipinski definition) is 3. The third kappa shape index (κ3) is 5.88. The fraction of sp³-hybridized carbons (Fsp3) is 1.00. The van der Waals surface area contributed by atoms with Crippen LogP contribution in [0.25, 0.3) is 0 Å². The van der Waals surface area contributed by atoms with Gasteiger partial charge in [-0.3, -0.25) is 4.90 Å². The Morgan fingerprint density at radius 3 is 2.38 bits per heavy atom. The van der Waals surface area contributed by atoms with Crippen molar-refractivity contribution in [1.29, 1.82) is 0 Å². The molecule has 21 heavy (non-hydrogen) atoms. The first-order valence-corrected chi connectivity index (χ1v) is 9.50. The maximum absolute atomic E-state index is 3.64. The van der Waals surface area contributed by atoms with Crippen LogP contribution in [0.1, 0.15) is 65.2 Å². The van der Waals surface area contributed by atoms with E-state index in [1.54, 1.807) is 0 Å². The number of nitrogens with zero attached hydrogens (tertiary/aromatic N) is 2. The van der Waals surface area contributed by atoms with E-state index < -0.39 is 0 Å². The molecule has 1 unspecified atom stereocenters. The Bertz CT molecular complexity index is 255. The Morgan fingerprint density at radius 2 is 1.71 bits per heavy atom. The van der Waals surface area contributed by atoms with Crippen LogP contribution in [0.2, 0.25) is 0 Å². The standard InChI is InChI=1S/C18H37N3/c1-3-4-6-11-19-16-17(2)20-14-9-18(10-15-20)21-12-7-5-8-13-21/h17-19H,3-16H2,1-2H3. The van der Waals surface area contributed by atoms with Crippen molar-refractivity contribution in [2.45, 2.75) is 77.3 Å². The fourth-order valence-corrected chi connectivity index (χ4v) is 3.92. The van der Waals surface area contributed by atoms with Gasteiger partial charge in [-0.15, -0.1) is 0 Å². The lowest BCUT2D eigenvalue weighted by Crippen LogP contribution is -2.50. The third-order valence-electron chi connectivity index (χ3n) is 5.43. The van der Waals surface area contributed by atoms with Gasteiger partial charge in [-0.25, -0.2) is 0 Å². The maximum atomic E-state index is 3.64. The predicted molar refractivity (Wildman–Crippen MR) is 91.9 cm³/mol. The van der Waals surface area contributed by atoms with Gasteiger partial charge >= 0.3 is 0 Å². The minimum Gasteiger partial charge on any atom is -0.315 e. The summed E-state index contributed by atoms with van der Waals surface area (Å²) in [6, 6.07) is 1.58. The van der Waals surface area contributed by atoms with Crippen LogP contribution in [0.15, 0.2) is 0 Å². The lowest BCUT2D eigenvalue weighted by molar-refractivity contribution is 0.0758. The van der Waals surface area contributed by atoms with Gasteiger partial charge in [0.25, 0.3) is 0 Å². The molecule has 0 radical (unpaired) electrons. The van der Waals surface area contributed by atoms with Gasteiger partial charge in [0.15, 0.2) is 0 Å². The highest BCUT2D eigenvalue weighted by molar-refractivity contribution is 4.83. The van der Waals surface area contributed by atoms with E-state index in [4.69, 9.17) is 0 Å². The summed E-state index contributed by atoms with van der Waals surface area (Å²) in [5.41, 5.74) is 0. The second-order valence-corrected chi connectivity index (χ2v) is 7.12. The zero-order chi connectivity index (χ0) is 14.9. The lowest BCUT2D eigenvalue weighted by Gasteiger charge is -2.42. The Balaban J connectivity index is 1.59. The summed E-state index contributed by atoms with van der Waals surface area (Å²) in [4.78, 5) is 5.47. The van der Waals surface area contributed by atoms with Crippen LogP contribution >= 0.6 is 0 Å². The summed E-state index contributed by atoms with van der Waals surface area (Å²) >= 11 is 0. The van der Waals surface area contributed by atoms with Crippen LogP contribution in [0.4, 0.5) is 0 Å². The van der Waals surface area contributed by atoms with E-state index >= 15 is 0 Å². The van der Waals surface area contributed by atoms with Crippen LogP contribution in [-0.2, 0) is 0 Å². The summed E-state index contributed by atoms with van der Waals surface area (Å²) in [5, 5.41) is 3.64. The highest BCUT2D eigenvalue weighted by Gasteiger charge is 2.27. The molecule has 1 N–H and O–H groups in total. The van der Waals surface area contributed by atoms with E-state index in [1.807, 2.05) is 0 Å². The Morgan fingerprint density at radius 1 is 1.00 bits per heavy atom. The van der Waals surface area contributed by atoms with E-state index in [0.717, 1.165) is 12.6 Å². The normalized spacial score (nSPS) is 24.3. The van der Waals surface area contributed by atoms with Gasteiger partial charge in [0, 0.05) is 18.6 Å². The maximum Gasteiger partial charge on any atom is 0.0192 e. The number of likely N-dealkylation sites (tertiary alicyclic amines) is 2. The number of unbranched alkanes of at least 4 members (excludes halogenated alkanes) is 2. The van der Waals surface area contributed by atoms with Crippen molar-refractivity contribution in [3.05, 3.63) is 0 Å². The minimum absolute atomic E-state index is 0.703. The van der Waals surface area contributed by atoms with Crippen molar-refractivity contribution in [3.8, 4) is 0 Å². The van der Waals surface area contributed by atoms with Gasteiger partial charge in [0.05, 0.1) is 0 Å². The molecule has 0 aromatic heterocycles. The van der Waals surface area contributed by atoms with E-state index in [2.05, 4.69) is 29.0 Å². The van der Waals surface area contributed by atoms with Crippen LogP contribution in [0.5, 0.6) is 0 Å². The molecule has 0 saturated carbocycles. The van der Waals surface area contributed by atoms with E-state index in [-0.39, 0.29) is 0 Å². The van der Waals surface area contributed by atoms with Crippen molar-refractivity contribution >= 4 is 0 Å². The summed E-state index contributed by atoms with van der Waals surface area (Å²) in [6.45, 7) is 12.4. The molecule has 1 atom stereocenters. The van der Waals surface area contributed by atoms with Crippen molar-refractivity contribution in [2.75, 3.05) is 39.3 Å². The zero-order valence-corrected chi connectivity index (χ0v) is 14.4. The number of piperidine rings is 2. The average molecular weight is 296 g/mol. The van der Waals surface area contributed by atoms with Crippen molar-refractivity contribution < 1.29 is 0 Å². The van der Waals surface area contributed by atoms with Crippen LogP contribution in [0, 0.1) is 0 Å². The molecule has 2 heterocycles. The Hall–Kier alpha value is -0.120. The van der Waals surface area contributed by atoms with Gasteiger partial charge in [-0.2, -0.15) is 0 Å². The summed E-state index contributed by atoms with van der Waals surface area (Å²) in [6.07, 6.45) is 11.1. The summed E-state index contributed by atoms with van der Waals surface area (Å²) < 4.78 is 0. The molecule has 0 bridgehead atoms. The monoisotopic (exact) mass is 295 g/mol. The first kappa shape index (κ1) is 17.2. The molecule has 2 rings (SSSR count). The molecular formula is C18H37N3. The number of nitrogens with one attached hydrogen (secondary N) is 1. The van der Waals surface area contributed by atoms with E-state index in [1.165, 1.54) is 84.1 Å². The van der Waals surface area contributed by atoms with Crippen LogP contribution in [0.3, 0.4) is 0 Å². The van der Waals surface area contributed by atoms with Gasteiger partial charge < -0.3 is 10.2 Å². The average Bonchev–Trinajstić information content (AvgIpc) is 2.55. The van der Waals surface area contributed by atoms with Crippen molar-refractivity contribution in [3.63, 3.8) is 0 Å². The van der Waals surface area contributed by atoms with Gasteiger partial charge in [0.2, 0.25) is 0 Å². The van der Waals surface area contributed by atoms with Crippen LogP contribution < -0.4 is 5.32 Å². The van der Waals surface area contributed by atoms with Gasteiger partial charge in [0.1, 0.15) is 0 Å². The molecule has 2 fully saturated rings. The molecule has 2 saturated heterocycles. The second kappa shape index (κ2) is 9.81. The quantitative estimate of drug-likeness (QED) is 0.694. The zero-order valence-electron chi connectivity index (χ0n) is 14.4. The summed E-state index contributed by atoms with van der Waals surface area (Å²) in [5.74, 6) is 0. The Kier molecular flexibility index (Phi) is 8.05. The second-order valence-electron chi connectivity index (χ2n) is 7.12. The Labute approximate surface area is 132 Å². The SMILES string of the molecule is CCCCCNCC(C)N1CCC(N2CCCCC2)CC1. The van der Waals surface area contributed by atoms with Crippen LogP contribution in [-0.4, -0.2) is 61.2 Å². The lowest BCUT2D eigenvalue weighted by atomic mass is 9.99. The van der Waals surface area contributed by atoms with Gasteiger partial charge in [-0.05, 0) is 71.8 Å². The molecule has 2 aliphatic heterocycles. The molecule has 0 aromatic carbocycles. The smallest absolute Gasteiger partial charge is 0.0192 e. The van der Waals surface area contributed by atoms with E-state index in [0.29, 0.717) is 6.04 Å². The first-order chi connectivity index (χ1) is 10.3. The van der Waals surface area contributed by atoms with E-state index in [9.17, 15) is 0 Å². The first-order valence-electron chi connectivity index (χ1n) is 9.50. The molecule has 124 valence electrons. The minimum atomic E-state index is 0.703. The van der Waals surface area contributed by atoms with Crippen molar-refractivity contribution in [1.82, 2.24) is 15.1 Å². The molecule has 3 nitrogen and oxygen atoms in total. The molecule has 3 heteroatoms. The molecule has 0 aliphatic carbocycles. The fourth-order valence-electron chi connectivity index (χ4n) is 3.92. The topological polar surface area (TPSA) is 18.5 Å². The molecule has 0 aromatic rings. The number of hydrogen-bond donors (Lipinski definition) is 1. The summed E-state index contributed by atoms with van der Waals surface area (Å²) in [7, 11) is 0. The third-order valence-corrected chi connectivity index (χ3v) is 5.43. The molecule has 2 aliphatic rings. The highest BCUT2D eigenvalue weighted by atomic mass is 15.2. The van der Waals surface area contributed by atoms with Crippen molar-refractivity contribution in [2.24, 2.45) is 0 Å². The molecule has 0 amide bonds. The largest absolute Gasteiger partial charge is 0.315 e. The molecular weight excluding hydrogens is 258 g/mol. The highest BCUT2D eigenvalue weighted by Crippen LogP contribution is 2.21. The number of rotatable bonds is 8. The van der Waals surface area contributed by atoms with Gasteiger partial charge in [-0.1, -0.05) is 26.2 Å². The molecule has 0 spiro atoms. The predicted octanol–water partition coefficient (Wildman–Crippen LogP) is 3.11.